The Hall–Kier alpha value is -3.57. The maximum atomic E-state index is 13.4. The summed E-state index contributed by atoms with van der Waals surface area (Å²) in [6.07, 6.45) is -6.48. The van der Waals surface area contributed by atoms with E-state index in [9.17, 15) is 18.3 Å². The first-order valence-electron chi connectivity index (χ1n) is 12.5. The van der Waals surface area contributed by atoms with E-state index in [4.69, 9.17) is 0 Å². The summed E-state index contributed by atoms with van der Waals surface area (Å²) >= 11 is 0. The number of alkyl halides is 3. The van der Waals surface area contributed by atoms with Gasteiger partial charge in [0.1, 0.15) is 0 Å². The van der Waals surface area contributed by atoms with E-state index in [-0.39, 0.29) is 0 Å². The maximum absolute atomic E-state index is 13.4. The smallest absolute Gasteiger partial charge is 0.382 e. The van der Waals surface area contributed by atoms with Crippen LogP contribution in [0.4, 0.5) is 18.9 Å². The first-order valence-corrected chi connectivity index (χ1v) is 12.5. The van der Waals surface area contributed by atoms with E-state index in [2.05, 4.69) is 49.4 Å². The van der Waals surface area contributed by atoms with Crippen LogP contribution in [-0.4, -0.2) is 30.5 Å². The highest BCUT2D eigenvalue weighted by Crippen LogP contribution is 2.48. The number of hydrogen-bond donors (Lipinski definition) is 1. The van der Waals surface area contributed by atoms with Crippen molar-refractivity contribution < 1.29 is 18.3 Å². The van der Waals surface area contributed by atoms with Crippen molar-refractivity contribution in [1.29, 1.82) is 0 Å². The molecule has 0 spiro atoms. The second-order valence-corrected chi connectivity index (χ2v) is 10.1. The van der Waals surface area contributed by atoms with Crippen molar-refractivity contribution in [2.24, 2.45) is 0 Å². The zero-order valence-electron chi connectivity index (χ0n) is 21.0. The molecule has 0 saturated heterocycles. The zero-order valence-corrected chi connectivity index (χ0v) is 21.0. The van der Waals surface area contributed by atoms with Crippen LogP contribution in [0.25, 0.3) is 11.1 Å². The molecule has 4 aromatic carbocycles. The van der Waals surface area contributed by atoms with Gasteiger partial charge in [0.15, 0.2) is 6.10 Å². The van der Waals surface area contributed by atoms with Crippen molar-refractivity contribution >= 4 is 5.69 Å². The van der Waals surface area contributed by atoms with Crippen molar-refractivity contribution in [1.82, 2.24) is 0 Å². The first-order chi connectivity index (χ1) is 17.7. The number of benzene rings is 4. The molecule has 1 N–H and O–H groups in total. The minimum Gasteiger partial charge on any atom is -0.382 e. The molecule has 0 radical (unpaired) electrons. The Labute approximate surface area is 216 Å². The molecule has 2 nitrogen and oxygen atoms in total. The number of para-hydroxylation sites is 1. The molecule has 5 heteroatoms. The number of aliphatic hydroxyl groups excluding tert-OH is 1. The molecule has 0 bridgehead atoms. The number of aliphatic hydroxyl groups is 1. The Kier molecular flexibility index (Phi) is 6.59. The summed E-state index contributed by atoms with van der Waals surface area (Å²) in [4.78, 5) is 1.70. The van der Waals surface area contributed by atoms with Gasteiger partial charge in [0.05, 0.1) is 6.54 Å². The standard InChI is InChI=1S/C32H30F3NO/c1-22-9-7-11-24(17-22)19-31(26-13-8-12-25(18-26)27-14-4-3-10-23(27)2)21-36(20-30(37)32(33,34)35)29-16-6-5-15-28(29)31/h3-18,30,37H,19-21H2,1-2H3/t30-,31?/m1/s1. The fraction of sp³-hybridized carbons (Fsp3) is 0.250. The number of rotatable bonds is 6. The maximum Gasteiger partial charge on any atom is 0.416 e. The Bertz CT molecular complexity index is 1410. The van der Waals surface area contributed by atoms with Crippen molar-refractivity contribution in [3.8, 4) is 11.1 Å². The van der Waals surface area contributed by atoms with Crippen LogP contribution >= 0.6 is 0 Å². The van der Waals surface area contributed by atoms with Gasteiger partial charge in [-0.05, 0) is 59.7 Å². The molecular formula is C32H30F3NO. The lowest BCUT2D eigenvalue weighted by Gasteiger charge is -2.33. The second-order valence-electron chi connectivity index (χ2n) is 10.1. The first kappa shape index (κ1) is 25.1. The van der Waals surface area contributed by atoms with Gasteiger partial charge in [0.2, 0.25) is 0 Å². The third-order valence-electron chi connectivity index (χ3n) is 7.45. The van der Waals surface area contributed by atoms with Gasteiger partial charge in [-0.2, -0.15) is 13.2 Å². The molecule has 37 heavy (non-hydrogen) atoms. The lowest BCUT2D eigenvalue weighted by atomic mass is 9.71. The second kappa shape index (κ2) is 9.71. The van der Waals surface area contributed by atoms with Crippen LogP contribution in [0.15, 0.2) is 97.1 Å². The summed E-state index contributed by atoms with van der Waals surface area (Å²) in [6, 6.07) is 32.5. The summed E-state index contributed by atoms with van der Waals surface area (Å²) in [5.41, 5.74) is 7.80. The van der Waals surface area contributed by atoms with Gasteiger partial charge in [0.25, 0.3) is 0 Å². The minimum atomic E-state index is -4.68. The van der Waals surface area contributed by atoms with Gasteiger partial charge in [-0.1, -0.05) is 96.6 Å². The van der Waals surface area contributed by atoms with Gasteiger partial charge in [-0.25, -0.2) is 0 Å². The summed E-state index contributed by atoms with van der Waals surface area (Å²) in [5.74, 6) is 0. The van der Waals surface area contributed by atoms with E-state index in [1.165, 1.54) is 0 Å². The van der Waals surface area contributed by atoms with E-state index in [1.54, 1.807) is 4.90 Å². The molecule has 0 aromatic heterocycles. The number of halogens is 3. The van der Waals surface area contributed by atoms with Crippen LogP contribution in [0.2, 0.25) is 0 Å². The minimum absolute atomic E-state index is 0.338. The van der Waals surface area contributed by atoms with Gasteiger partial charge in [0, 0.05) is 17.6 Å². The Morgan fingerprint density at radius 3 is 2.35 bits per heavy atom. The Balaban J connectivity index is 1.67. The van der Waals surface area contributed by atoms with Crippen molar-refractivity contribution in [2.75, 3.05) is 18.0 Å². The average Bonchev–Trinajstić information content (AvgIpc) is 3.18. The molecule has 1 unspecified atom stereocenters. The molecular weight excluding hydrogens is 471 g/mol. The number of anilines is 1. The lowest BCUT2D eigenvalue weighted by molar-refractivity contribution is -0.200. The normalized spacial score (nSPS) is 18.1. The number of β-amino-alcohol motifs (C(OH)–C–C–N with tert-alkyl or cyclic N) is 1. The van der Waals surface area contributed by atoms with Crippen LogP contribution in [0, 0.1) is 13.8 Å². The highest BCUT2D eigenvalue weighted by atomic mass is 19.4. The van der Waals surface area contributed by atoms with Crippen LogP contribution < -0.4 is 4.90 Å². The van der Waals surface area contributed by atoms with Crippen LogP contribution in [0.3, 0.4) is 0 Å². The van der Waals surface area contributed by atoms with Gasteiger partial charge in [-0.3, -0.25) is 0 Å². The highest BCUT2D eigenvalue weighted by Gasteiger charge is 2.47. The average molecular weight is 502 g/mol. The van der Waals surface area contributed by atoms with Crippen LogP contribution in [0.1, 0.15) is 27.8 Å². The zero-order chi connectivity index (χ0) is 26.2. The molecule has 1 heterocycles. The van der Waals surface area contributed by atoms with Crippen molar-refractivity contribution in [3.05, 3.63) is 125 Å². The highest BCUT2D eigenvalue weighted by molar-refractivity contribution is 5.71. The summed E-state index contributed by atoms with van der Waals surface area (Å²) < 4.78 is 40.2. The molecule has 5 rings (SSSR count). The van der Waals surface area contributed by atoms with Crippen LogP contribution in [-0.2, 0) is 11.8 Å². The molecule has 0 fully saturated rings. The van der Waals surface area contributed by atoms with Crippen LogP contribution in [0.5, 0.6) is 0 Å². The number of fused-ring (bicyclic) bond motifs is 1. The lowest BCUT2D eigenvalue weighted by Crippen LogP contribution is -2.44. The number of aryl methyl sites for hydroxylation is 2. The molecule has 0 aliphatic carbocycles. The van der Waals surface area contributed by atoms with Crippen molar-refractivity contribution in [2.45, 2.75) is 38.0 Å². The quantitative estimate of drug-likeness (QED) is 0.301. The van der Waals surface area contributed by atoms with Crippen molar-refractivity contribution in [3.63, 3.8) is 0 Å². The summed E-state index contributed by atoms with van der Waals surface area (Å²) in [5, 5.41) is 10.00. The number of hydrogen-bond acceptors (Lipinski definition) is 2. The fourth-order valence-corrected chi connectivity index (χ4v) is 5.68. The van der Waals surface area contributed by atoms with Gasteiger partial charge in [-0.15, -0.1) is 0 Å². The molecule has 2 atom stereocenters. The molecule has 1 aliphatic rings. The van der Waals surface area contributed by atoms with E-state index >= 15 is 0 Å². The number of nitrogens with zero attached hydrogens (tertiary/aromatic N) is 1. The topological polar surface area (TPSA) is 23.5 Å². The third-order valence-corrected chi connectivity index (χ3v) is 7.45. The largest absolute Gasteiger partial charge is 0.416 e. The molecule has 190 valence electrons. The predicted molar refractivity (Wildman–Crippen MR) is 143 cm³/mol. The van der Waals surface area contributed by atoms with Gasteiger partial charge < -0.3 is 10.0 Å². The monoisotopic (exact) mass is 501 g/mol. The van der Waals surface area contributed by atoms with Gasteiger partial charge >= 0.3 is 6.18 Å². The Morgan fingerprint density at radius 1 is 0.865 bits per heavy atom. The molecule has 0 saturated carbocycles. The summed E-state index contributed by atoms with van der Waals surface area (Å²) in [7, 11) is 0. The Morgan fingerprint density at radius 2 is 1.59 bits per heavy atom. The SMILES string of the molecule is Cc1cccc(CC2(c3cccc(-c4ccccc4C)c3)CN(C[C@@H](O)C(F)(F)F)c3ccccc32)c1. The third kappa shape index (κ3) is 4.88. The molecule has 1 aliphatic heterocycles. The molecule has 4 aromatic rings. The molecule has 0 amide bonds. The van der Waals surface area contributed by atoms with E-state index in [0.717, 1.165) is 44.6 Å². The fourth-order valence-electron chi connectivity index (χ4n) is 5.68. The van der Waals surface area contributed by atoms with E-state index in [0.29, 0.717) is 13.0 Å². The van der Waals surface area contributed by atoms with E-state index in [1.807, 2.05) is 61.5 Å². The summed E-state index contributed by atoms with van der Waals surface area (Å²) in [6.45, 7) is 3.96. The predicted octanol–water partition coefficient (Wildman–Crippen LogP) is 7.24. The van der Waals surface area contributed by atoms with E-state index < -0.39 is 24.2 Å².